The summed E-state index contributed by atoms with van der Waals surface area (Å²) in [6, 6.07) is 6.74. The Balaban J connectivity index is 1.75. The van der Waals surface area contributed by atoms with Crippen LogP contribution >= 0.6 is 0 Å². The molecular weight excluding hydrogens is 251 g/mol. The third-order valence-electron chi connectivity index (χ3n) is 5.06. The molecular formula is C17H25FN2. The van der Waals surface area contributed by atoms with E-state index in [4.69, 9.17) is 0 Å². The molecule has 20 heavy (non-hydrogen) atoms. The van der Waals surface area contributed by atoms with Gasteiger partial charge < -0.3 is 0 Å². The van der Waals surface area contributed by atoms with E-state index < -0.39 is 0 Å². The smallest absolute Gasteiger partial charge is 0.126 e. The predicted molar refractivity (Wildman–Crippen MR) is 80.3 cm³/mol. The number of nitrogens with zero attached hydrogens (tertiary/aromatic N) is 2. The van der Waals surface area contributed by atoms with Crippen molar-refractivity contribution in [2.24, 2.45) is 0 Å². The number of halogens is 1. The van der Waals surface area contributed by atoms with Crippen LogP contribution < -0.4 is 0 Å². The first-order chi connectivity index (χ1) is 9.65. The van der Waals surface area contributed by atoms with Gasteiger partial charge in [0.1, 0.15) is 5.82 Å². The first kappa shape index (κ1) is 14.0. The van der Waals surface area contributed by atoms with Crippen molar-refractivity contribution >= 4 is 0 Å². The Bertz CT molecular complexity index is 474. The molecule has 110 valence electrons. The van der Waals surface area contributed by atoms with Crippen molar-refractivity contribution in [1.29, 1.82) is 0 Å². The van der Waals surface area contributed by atoms with Gasteiger partial charge in [-0.2, -0.15) is 0 Å². The summed E-state index contributed by atoms with van der Waals surface area (Å²) in [6.07, 6.45) is 3.90. The molecule has 0 N–H and O–H groups in total. The Morgan fingerprint density at radius 3 is 2.80 bits per heavy atom. The van der Waals surface area contributed by atoms with Crippen LogP contribution in [0.25, 0.3) is 0 Å². The average Bonchev–Trinajstić information content (AvgIpc) is 2.78. The lowest BCUT2D eigenvalue weighted by molar-refractivity contribution is 0.182. The monoisotopic (exact) mass is 276 g/mol. The van der Waals surface area contributed by atoms with Crippen LogP contribution in [0.2, 0.25) is 0 Å². The Labute approximate surface area is 121 Å². The number of fused-ring (bicyclic) bond motifs is 1. The quantitative estimate of drug-likeness (QED) is 0.817. The molecule has 0 radical (unpaired) electrons. The lowest BCUT2D eigenvalue weighted by Gasteiger charge is -2.31. The van der Waals surface area contributed by atoms with Crippen LogP contribution in [-0.2, 0) is 0 Å². The number of hydrogen-bond acceptors (Lipinski definition) is 2. The molecule has 3 rings (SSSR count). The van der Waals surface area contributed by atoms with E-state index in [2.05, 4.69) is 22.8 Å². The summed E-state index contributed by atoms with van der Waals surface area (Å²) in [5.41, 5.74) is 1.85. The predicted octanol–water partition coefficient (Wildman–Crippen LogP) is 3.37. The SMILES string of the molecule is Cc1ccc(C(C)N2CCCN3CCCC3C2)cc1F. The van der Waals surface area contributed by atoms with Crippen LogP contribution in [0, 0.1) is 12.7 Å². The van der Waals surface area contributed by atoms with Crippen molar-refractivity contribution in [1.82, 2.24) is 9.80 Å². The standard InChI is InChI=1S/C17H25FN2/c1-13-6-7-15(11-17(13)18)14(2)20-10-4-9-19-8-3-5-16(19)12-20/h6-7,11,14,16H,3-5,8-10,12H2,1-2H3. The number of benzene rings is 1. The van der Waals surface area contributed by atoms with E-state index in [1.807, 2.05) is 13.0 Å². The minimum Gasteiger partial charge on any atom is -0.299 e. The highest BCUT2D eigenvalue weighted by atomic mass is 19.1. The number of rotatable bonds is 2. The molecule has 0 amide bonds. The summed E-state index contributed by atoms with van der Waals surface area (Å²) in [4.78, 5) is 5.18. The van der Waals surface area contributed by atoms with Crippen molar-refractivity contribution in [3.8, 4) is 0 Å². The summed E-state index contributed by atoms with van der Waals surface area (Å²) in [7, 11) is 0. The Morgan fingerprint density at radius 1 is 1.20 bits per heavy atom. The van der Waals surface area contributed by atoms with Gasteiger partial charge in [-0.1, -0.05) is 12.1 Å². The zero-order valence-corrected chi connectivity index (χ0v) is 12.6. The van der Waals surface area contributed by atoms with E-state index in [1.165, 1.54) is 32.4 Å². The van der Waals surface area contributed by atoms with E-state index >= 15 is 0 Å². The molecule has 2 atom stereocenters. The van der Waals surface area contributed by atoms with Gasteiger partial charge in [0.25, 0.3) is 0 Å². The van der Waals surface area contributed by atoms with Crippen LogP contribution in [0.15, 0.2) is 18.2 Å². The Hall–Kier alpha value is -0.930. The van der Waals surface area contributed by atoms with E-state index in [1.54, 1.807) is 6.07 Å². The van der Waals surface area contributed by atoms with Crippen molar-refractivity contribution < 1.29 is 4.39 Å². The third-order valence-corrected chi connectivity index (χ3v) is 5.06. The molecule has 3 heteroatoms. The third kappa shape index (κ3) is 2.75. The molecule has 0 saturated carbocycles. The van der Waals surface area contributed by atoms with Crippen LogP contribution in [0.5, 0.6) is 0 Å². The molecule has 2 aliphatic heterocycles. The molecule has 2 heterocycles. The lowest BCUT2D eigenvalue weighted by atomic mass is 10.0. The summed E-state index contributed by atoms with van der Waals surface area (Å²) >= 11 is 0. The van der Waals surface area contributed by atoms with E-state index in [0.717, 1.165) is 30.3 Å². The van der Waals surface area contributed by atoms with Gasteiger partial charge >= 0.3 is 0 Å². The van der Waals surface area contributed by atoms with Gasteiger partial charge in [0.05, 0.1) is 0 Å². The molecule has 2 aliphatic rings. The van der Waals surface area contributed by atoms with Crippen LogP contribution in [0.3, 0.4) is 0 Å². The molecule has 0 spiro atoms. The zero-order chi connectivity index (χ0) is 14.1. The van der Waals surface area contributed by atoms with Crippen LogP contribution in [0.1, 0.15) is 43.4 Å². The summed E-state index contributed by atoms with van der Waals surface area (Å²) in [5.74, 6) is -0.0772. The molecule has 2 unspecified atom stereocenters. The fourth-order valence-corrected chi connectivity index (χ4v) is 3.67. The second-order valence-electron chi connectivity index (χ2n) is 6.37. The second-order valence-corrected chi connectivity index (χ2v) is 6.37. The fraction of sp³-hybridized carbons (Fsp3) is 0.647. The first-order valence-corrected chi connectivity index (χ1v) is 7.89. The molecule has 0 aliphatic carbocycles. The van der Waals surface area contributed by atoms with Gasteiger partial charge in [-0.05, 0) is 63.4 Å². The number of aryl methyl sites for hydroxylation is 1. The van der Waals surface area contributed by atoms with Crippen molar-refractivity contribution in [3.63, 3.8) is 0 Å². The molecule has 2 saturated heterocycles. The largest absolute Gasteiger partial charge is 0.299 e. The van der Waals surface area contributed by atoms with Gasteiger partial charge in [-0.25, -0.2) is 4.39 Å². The fourth-order valence-electron chi connectivity index (χ4n) is 3.67. The molecule has 1 aromatic rings. The van der Waals surface area contributed by atoms with Gasteiger partial charge in [0, 0.05) is 25.2 Å². The lowest BCUT2D eigenvalue weighted by Crippen LogP contribution is -2.37. The average molecular weight is 276 g/mol. The second kappa shape index (κ2) is 5.82. The summed E-state index contributed by atoms with van der Waals surface area (Å²) in [5, 5.41) is 0. The van der Waals surface area contributed by atoms with Gasteiger partial charge in [0.2, 0.25) is 0 Å². The van der Waals surface area contributed by atoms with Crippen LogP contribution in [-0.4, -0.2) is 42.0 Å². The molecule has 2 nitrogen and oxygen atoms in total. The maximum atomic E-state index is 13.8. The van der Waals surface area contributed by atoms with Gasteiger partial charge in [-0.15, -0.1) is 0 Å². The van der Waals surface area contributed by atoms with Crippen molar-refractivity contribution in [2.45, 2.75) is 45.2 Å². The van der Waals surface area contributed by atoms with Crippen LogP contribution in [0.4, 0.5) is 4.39 Å². The van der Waals surface area contributed by atoms with Crippen molar-refractivity contribution in [2.75, 3.05) is 26.2 Å². The maximum Gasteiger partial charge on any atom is 0.126 e. The minimum atomic E-state index is -0.0772. The highest BCUT2D eigenvalue weighted by Gasteiger charge is 2.30. The zero-order valence-electron chi connectivity index (χ0n) is 12.6. The van der Waals surface area contributed by atoms with E-state index in [0.29, 0.717) is 6.04 Å². The molecule has 2 fully saturated rings. The van der Waals surface area contributed by atoms with Gasteiger partial charge in [-0.3, -0.25) is 9.80 Å². The Morgan fingerprint density at radius 2 is 2.00 bits per heavy atom. The minimum absolute atomic E-state index is 0.0772. The molecule has 1 aromatic carbocycles. The van der Waals surface area contributed by atoms with Gasteiger partial charge in [0.15, 0.2) is 0 Å². The van der Waals surface area contributed by atoms with E-state index in [9.17, 15) is 4.39 Å². The highest BCUT2D eigenvalue weighted by molar-refractivity contribution is 5.25. The topological polar surface area (TPSA) is 6.48 Å². The first-order valence-electron chi connectivity index (χ1n) is 7.89. The highest BCUT2D eigenvalue weighted by Crippen LogP contribution is 2.28. The summed E-state index contributed by atoms with van der Waals surface area (Å²) < 4.78 is 13.8. The molecule has 0 bridgehead atoms. The summed E-state index contributed by atoms with van der Waals surface area (Å²) in [6.45, 7) is 8.81. The Kier molecular flexibility index (Phi) is 4.08. The normalized spacial score (nSPS) is 26.2. The van der Waals surface area contributed by atoms with Crippen molar-refractivity contribution in [3.05, 3.63) is 35.1 Å². The molecule has 0 aromatic heterocycles. The number of hydrogen-bond donors (Lipinski definition) is 0. The van der Waals surface area contributed by atoms with E-state index in [-0.39, 0.29) is 5.82 Å². The maximum absolute atomic E-state index is 13.8.